The summed E-state index contributed by atoms with van der Waals surface area (Å²) in [5.41, 5.74) is 1.99. The summed E-state index contributed by atoms with van der Waals surface area (Å²) in [7, 11) is 0. The van der Waals surface area contributed by atoms with Gasteiger partial charge >= 0.3 is 6.18 Å². The van der Waals surface area contributed by atoms with Gasteiger partial charge in [0.1, 0.15) is 11.7 Å². The highest BCUT2D eigenvalue weighted by molar-refractivity contribution is 5.90. The van der Waals surface area contributed by atoms with E-state index in [1.807, 2.05) is 5.43 Å². The van der Waals surface area contributed by atoms with Crippen molar-refractivity contribution in [1.82, 2.24) is 15.2 Å². The smallest absolute Gasteiger partial charge is 0.333 e. The molecule has 1 unspecified atom stereocenters. The highest BCUT2D eigenvalue weighted by Crippen LogP contribution is 2.28. The number of rotatable bonds is 4. The summed E-state index contributed by atoms with van der Waals surface area (Å²) in [6, 6.07) is 1.22. The van der Waals surface area contributed by atoms with Gasteiger partial charge in [0.2, 0.25) is 12.1 Å². The summed E-state index contributed by atoms with van der Waals surface area (Å²) >= 11 is 0. The summed E-state index contributed by atoms with van der Waals surface area (Å²) < 4.78 is 78.8. The Morgan fingerprint density at radius 1 is 1.21 bits per heavy atom. The van der Waals surface area contributed by atoms with E-state index in [4.69, 9.17) is 0 Å². The van der Waals surface area contributed by atoms with Crippen LogP contribution in [0.3, 0.4) is 0 Å². The van der Waals surface area contributed by atoms with E-state index in [-0.39, 0.29) is 55.7 Å². The van der Waals surface area contributed by atoms with E-state index < -0.39 is 29.8 Å². The van der Waals surface area contributed by atoms with Crippen LogP contribution in [-0.4, -0.2) is 53.5 Å². The summed E-state index contributed by atoms with van der Waals surface area (Å²) in [5.74, 6) is -3.93. The van der Waals surface area contributed by atoms with Crippen LogP contribution in [0.5, 0.6) is 0 Å². The van der Waals surface area contributed by atoms with Gasteiger partial charge in [0.15, 0.2) is 11.6 Å². The molecule has 0 aliphatic carbocycles. The molecule has 2 aliphatic rings. The Balaban J connectivity index is 1.57. The maximum Gasteiger partial charge on any atom is 0.428 e. The molecule has 28 heavy (non-hydrogen) atoms. The van der Waals surface area contributed by atoms with Crippen molar-refractivity contribution in [3.63, 3.8) is 0 Å². The quantitative estimate of drug-likeness (QED) is 0.616. The van der Waals surface area contributed by atoms with Gasteiger partial charge in [-0.05, 0) is 24.0 Å². The number of amidine groups is 1. The molecule has 0 aromatic heterocycles. The minimum absolute atomic E-state index is 0.0121. The van der Waals surface area contributed by atoms with Crippen molar-refractivity contribution >= 4 is 11.7 Å². The molecular formula is C17H18F6N4O. The van der Waals surface area contributed by atoms with E-state index in [1.54, 1.807) is 6.92 Å². The second kappa shape index (κ2) is 7.51. The van der Waals surface area contributed by atoms with Crippen LogP contribution in [0.2, 0.25) is 0 Å². The molecular weight excluding hydrogens is 390 g/mol. The Bertz CT molecular complexity index is 797. The van der Waals surface area contributed by atoms with Crippen molar-refractivity contribution in [2.75, 3.05) is 19.6 Å². The maximum absolute atomic E-state index is 13.7. The molecule has 1 amide bonds. The molecule has 1 fully saturated rings. The lowest BCUT2D eigenvalue weighted by atomic mass is 9.96. The fraction of sp³-hybridized carbons (Fsp3) is 0.529. The van der Waals surface area contributed by atoms with Gasteiger partial charge in [-0.15, -0.1) is 0 Å². The van der Waals surface area contributed by atoms with Gasteiger partial charge in [0, 0.05) is 25.6 Å². The zero-order valence-electron chi connectivity index (χ0n) is 14.9. The lowest BCUT2D eigenvalue weighted by Gasteiger charge is -2.37. The van der Waals surface area contributed by atoms with E-state index >= 15 is 0 Å². The second-order valence-corrected chi connectivity index (χ2v) is 6.98. The normalized spacial score (nSPS) is 20.5. The van der Waals surface area contributed by atoms with Crippen LogP contribution in [0.1, 0.15) is 18.9 Å². The number of hydrazone groups is 1. The van der Waals surface area contributed by atoms with Crippen molar-refractivity contribution in [2.45, 2.75) is 32.1 Å². The highest BCUT2D eigenvalue weighted by atomic mass is 19.4. The summed E-state index contributed by atoms with van der Waals surface area (Å²) in [4.78, 5) is 14.9. The number of fused-ring (bicyclic) bond motifs is 1. The van der Waals surface area contributed by atoms with E-state index in [2.05, 4.69) is 5.10 Å². The first-order chi connectivity index (χ1) is 13.1. The van der Waals surface area contributed by atoms with Crippen molar-refractivity contribution in [3.8, 4) is 0 Å². The van der Waals surface area contributed by atoms with Crippen LogP contribution >= 0.6 is 0 Å². The Morgan fingerprint density at radius 2 is 1.89 bits per heavy atom. The van der Waals surface area contributed by atoms with Crippen LogP contribution in [0, 0.1) is 23.4 Å². The average Bonchev–Trinajstić information content (AvgIpc) is 3.03. The minimum atomic E-state index is -4.49. The number of halogens is 6. The number of piperazine rings is 1. The van der Waals surface area contributed by atoms with E-state index in [9.17, 15) is 31.1 Å². The summed E-state index contributed by atoms with van der Waals surface area (Å²) in [6.45, 7) is 1.67. The molecule has 1 aromatic carbocycles. The van der Waals surface area contributed by atoms with E-state index in [0.717, 1.165) is 11.0 Å². The Hall–Kier alpha value is -2.46. The Kier molecular flexibility index (Phi) is 5.44. The molecule has 5 nitrogen and oxygen atoms in total. The monoisotopic (exact) mass is 408 g/mol. The third-order valence-corrected chi connectivity index (χ3v) is 4.75. The third kappa shape index (κ3) is 4.17. The van der Waals surface area contributed by atoms with Crippen LogP contribution in [0.25, 0.3) is 0 Å². The third-order valence-electron chi connectivity index (χ3n) is 4.75. The van der Waals surface area contributed by atoms with E-state index in [0.29, 0.717) is 6.07 Å². The van der Waals surface area contributed by atoms with Crippen molar-refractivity contribution in [1.29, 1.82) is 0 Å². The predicted molar refractivity (Wildman–Crippen MR) is 87.5 cm³/mol. The Labute approximate surface area is 157 Å². The first-order valence-electron chi connectivity index (χ1n) is 8.63. The van der Waals surface area contributed by atoms with Gasteiger partial charge < -0.3 is 9.80 Å². The lowest BCUT2D eigenvalue weighted by Crippen LogP contribution is -2.58. The molecule has 1 saturated heterocycles. The van der Waals surface area contributed by atoms with Crippen molar-refractivity contribution in [2.24, 2.45) is 11.0 Å². The zero-order chi connectivity index (χ0) is 20.6. The topological polar surface area (TPSA) is 47.9 Å². The molecule has 11 heteroatoms. The molecule has 0 radical (unpaired) electrons. The molecule has 0 bridgehead atoms. The number of alkyl halides is 3. The molecule has 0 saturated carbocycles. The molecule has 154 valence electrons. The van der Waals surface area contributed by atoms with Crippen molar-refractivity contribution < 1.29 is 31.1 Å². The first-order valence-corrected chi connectivity index (χ1v) is 8.63. The average molecular weight is 408 g/mol. The number of carbonyl (C=O) groups excluding carboxylic acids is 1. The standard InChI is InChI=1S/C17H18F6N4O/c1-9(4-10-6-12(19)13(20)7-11(10)18)5-15(28)26-2-3-27-14(8-26)24-25-16(27)17(21,22)23/h6-7,9,16,25H,2-5,8H2,1H3/t9-,16?/m1/s1. The second-order valence-electron chi connectivity index (χ2n) is 6.98. The molecule has 2 heterocycles. The number of nitrogens with zero attached hydrogens (tertiary/aromatic N) is 3. The van der Waals surface area contributed by atoms with Crippen LogP contribution < -0.4 is 5.43 Å². The maximum atomic E-state index is 13.7. The minimum Gasteiger partial charge on any atom is -0.333 e. The largest absolute Gasteiger partial charge is 0.428 e. The SMILES string of the molecule is C[C@@H](CC(=O)N1CCN2C(=NNC2C(F)(F)F)C1)Cc1cc(F)c(F)cc1F. The van der Waals surface area contributed by atoms with Gasteiger partial charge in [-0.2, -0.15) is 18.3 Å². The number of amides is 1. The van der Waals surface area contributed by atoms with Gasteiger partial charge in [-0.25, -0.2) is 13.2 Å². The van der Waals surface area contributed by atoms with Gasteiger partial charge in [-0.1, -0.05) is 6.92 Å². The zero-order valence-corrected chi connectivity index (χ0v) is 14.9. The fourth-order valence-electron chi connectivity index (χ4n) is 3.34. The number of hydrogen-bond acceptors (Lipinski definition) is 4. The highest BCUT2D eigenvalue weighted by Gasteiger charge is 2.49. The number of benzene rings is 1. The molecule has 2 aliphatic heterocycles. The molecule has 2 atom stereocenters. The first kappa shape index (κ1) is 20.3. The van der Waals surface area contributed by atoms with Gasteiger partial charge in [0.25, 0.3) is 0 Å². The van der Waals surface area contributed by atoms with E-state index in [1.165, 1.54) is 4.90 Å². The van der Waals surface area contributed by atoms with Crippen LogP contribution in [0.15, 0.2) is 17.2 Å². The molecule has 1 aromatic rings. The number of nitrogens with one attached hydrogen (secondary N) is 1. The predicted octanol–water partition coefficient (Wildman–Crippen LogP) is 2.62. The van der Waals surface area contributed by atoms with Crippen LogP contribution in [0.4, 0.5) is 26.3 Å². The summed E-state index contributed by atoms with van der Waals surface area (Å²) in [6.07, 6.45) is -6.37. The summed E-state index contributed by atoms with van der Waals surface area (Å²) in [5, 5.41) is 3.67. The molecule has 1 N–H and O–H groups in total. The molecule has 0 spiro atoms. The fourth-order valence-corrected chi connectivity index (χ4v) is 3.34. The number of hydrogen-bond donors (Lipinski definition) is 1. The van der Waals surface area contributed by atoms with Gasteiger partial charge in [0.05, 0.1) is 6.54 Å². The lowest BCUT2D eigenvalue weighted by molar-refractivity contribution is -0.179. The van der Waals surface area contributed by atoms with Crippen LogP contribution in [-0.2, 0) is 11.2 Å². The van der Waals surface area contributed by atoms with Crippen molar-refractivity contribution in [3.05, 3.63) is 35.1 Å². The Morgan fingerprint density at radius 3 is 2.57 bits per heavy atom. The van der Waals surface area contributed by atoms with Gasteiger partial charge in [-0.3, -0.25) is 10.2 Å². The number of carbonyl (C=O) groups is 1. The molecule has 3 rings (SSSR count).